The van der Waals surface area contributed by atoms with Gasteiger partial charge in [-0.15, -0.1) is 0 Å². The number of aromatic nitrogens is 1. The molecule has 0 amide bonds. The van der Waals surface area contributed by atoms with E-state index in [1.165, 1.54) is 0 Å². The van der Waals surface area contributed by atoms with Gasteiger partial charge in [-0.2, -0.15) is 0 Å². The number of ether oxygens (including phenoxy) is 1. The number of hydrogen-bond donors (Lipinski definition) is 0. The fourth-order valence-corrected chi connectivity index (χ4v) is 2.36. The van der Waals surface area contributed by atoms with Crippen molar-refractivity contribution in [1.82, 2.24) is 4.98 Å². The summed E-state index contributed by atoms with van der Waals surface area (Å²) in [5.74, 6) is 0.153. The lowest BCUT2D eigenvalue weighted by Crippen LogP contribution is -2.16. The lowest BCUT2D eigenvalue weighted by molar-refractivity contribution is -0.137. The van der Waals surface area contributed by atoms with Gasteiger partial charge in [0.1, 0.15) is 5.75 Å². The van der Waals surface area contributed by atoms with Crippen LogP contribution in [-0.4, -0.2) is 11.0 Å². The zero-order chi connectivity index (χ0) is 15.7. The molecule has 0 spiro atoms. The maximum atomic E-state index is 12.0. The smallest absolute Gasteiger partial charge is 0.313 e. The standard InChI is InChI=1S/C17H20ClNO2/c1-6-14-11(5)16(21-17(20)9(2)3)12-8-13(18)10(4)7-15(12)19-14/h7-9H,6H2,1-5H3. The fraction of sp³-hybridized carbons (Fsp3) is 0.412. The van der Waals surface area contributed by atoms with Gasteiger partial charge in [0.15, 0.2) is 0 Å². The lowest BCUT2D eigenvalue weighted by Gasteiger charge is -2.15. The number of hydrogen-bond acceptors (Lipinski definition) is 3. The molecule has 0 radical (unpaired) electrons. The van der Waals surface area contributed by atoms with E-state index >= 15 is 0 Å². The molecule has 0 saturated carbocycles. The first-order chi connectivity index (χ1) is 9.85. The van der Waals surface area contributed by atoms with Gasteiger partial charge in [-0.1, -0.05) is 32.4 Å². The summed E-state index contributed by atoms with van der Waals surface area (Å²) in [5, 5.41) is 1.43. The van der Waals surface area contributed by atoms with Crippen molar-refractivity contribution in [3.8, 4) is 5.75 Å². The Kier molecular flexibility index (Phi) is 4.52. The van der Waals surface area contributed by atoms with E-state index in [2.05, 4.69) is 4.98 Å². The Morgan fingerprint density at radius 2 is 2.00 bits per heavy atom. The number of rotatable bonds is 3. The number of halogens is 1. The molecule has 0 atom stereocenters. The van der Waals surface area contributed by atoms with Crippen LogP contribution in [0.5, 0.6) is 5.75 Å². The van der Waals surface area contributed by atoms with Crippen LogP contribution in [0, 0.1) is 19.8 Å². The third kappa shape index (κ3) is 3.03. The lowest BCUT2D eigenvalue weighted by atomic mass is 10.0. The van der Waals surface area contributed by atoms with E-state index in [1.807, 2.05) is 46.8 Å². The first-order valence-electron chi connectivity index (χ1n) is 7.16. The largest absolute Gasteiger partial charge is 0.425 e. The molecular formula is C17H20ClNO2. The minimum absolute atomic E-state index is 0.182. The van der Waals surface area contributed by atoms with Gasteiger partial charge in [0.2, 0.25) is 0 Å². The van der Waals surface area contributed by atoms with Crippen molar-refractivity contribution in [3.63, 3.8) is 0 Å². The molecule has 1 heterocycles. The van der Waals surface area contributed by atoms with Crippen LogP contribution in [0.2, 0.25) is 5.02 Å². The number of esters is 1. The second-order valence-corrected chi connectivity index (χ2v) is 5.97. The molecule has 21 heavy (non-hydrogen) atoms. The minimum Gasteiger partial charge on any atom is -0.425 e. The highest BCUT2D eigenvalue weighted by atomic mass is 35.5. The number of carbonyl (C=O) groups is 1. The van der Waals surface area contributed by atoms with Crippen LogP contribution in [0.3, 0.4) is 0 Å². The highest BCUT2D eigenvalue weighted by Crippen LogP contribution is 2.34. The van der Waals surface area contributed by atoms with Gasteiger partial charge in [0, 0.05) is 21.7 Å². The van der Waals surface area contributed by atoms with Crippen molar-refractivity contribution in [2.75, 3.05) is 0 Å². The molecule has 0 bridgehead atoms. The molecule has 0 aliphatic rings. The Bertz CT molecular complexity index is 708. The first kappa shape index (κ1) is 15.8. The summed E-state index contributed by atoms with van der Waals surface area (Å²) in [6, 6.07) is 3.76. The summed E-state index contributed by atoms with van der Waals surface area (Å²) in [6.45, 7) is 9.55. The molecule has 0 aliphatic carbocycles. The maximum Gasteiger partial charge on any atom is 0.313 e. The predicted molar refractivity (Wildman–Crippen MR) is 86.1 cm³/mol. The van der Waals surface area contributed by atoms with Crippen molar-refractivity contribution >= 4 is 28.5 Å². The number of nitrogens with zero attached hydrogens (tertiary/aromatic N) is 1. The van der Waals surface area contributed by atoms with E-state index in [0.717, 1.165) is 34.1 Å². The maximum absolute atomic E-state index is 12.0. The molecule has 0 unspecified atom stereocenters. The Hall–Kier alpha value is -1.61. The summed E-state index contributed by atoms with van der Waals surface area (Å²) in [7, 11) is 0. The summed E-state index contributed by atoms with van der Waals surface area (Å²) >= 11 is 6.22. The fourth-order valence-electron chi connectivity index (χ4n) is 2.20. The molecular weight excluding hydrogens is 286 g/mol. The van der Waals surface area contributed by atoms with Gasteiger partial charge in [-0.25, -0.2) is 0 Å². The third-order valence-corrected chi connectivity index (χ3v) is 3.97. The van der Waals surface area contributed by atoms with Crippen LogP contribution >= 0.6 is 11.6 Å². The van der Waals surface area contributed by atoms with Crippen LogP contribution in [0.1, 0.15) is 37.6 Å². The van der Waals surface area contributed by atoms with Crippen molar-refractivity contribution in [2.45, 2.75) is 41.0 Å². The molecule has 3 nitrogen and oxygen atoms in total. The average Bonchev–Trinajstić information content (AvgIpc) is 2.43. The minimum atomic E-state index is -0.246. The average molecular weight is 306 g/mol. The Labute approximate surface area is 130 Å². The number of carbonyl (C=O) groups excluding carboxylic acids is 1. The van der Waals surface area contributed by atoms with Gasteiger partial charge in [0.25, 0.3) is 0 Å². The monoisotopic (exact) mass is 305 g/mol. The highest BCUT2D eigenvalue weighted by Gasteiger charge is 2.18. The molecule has 0 N–H and O–H groups in total. The zero-order valence-electron chi connectivity index (χ0n) is 13.1. The van der Waals surface area contributed by atoms with E-state index in [9.17, 15) is 4.79 Å². The van der Waals surface area contributed by atoms with Crippen LogP contribution in [0.15, 0.2) is 12.1 Å². The van der Waals surface area contributed by atoms with Crippen LogP contribution in [-0.2, 0) is 11.2 Å². The molecule has 1 aromatic carbocycles. The molecule has 1 aromatic heterocycles. The number of fused-ring (bicyclic) bond motifs is 1. The van der Waals surface area contributed by atoms with Crippen molar-refractivity contribution < 1.29 is 9.53 Å². The van der Waals surface area contributed by atoms with Gasteiger partial charge < -0.3 is 4.74 Å². The molecule has 2 aromatic rings. The van der Waals surface area contributed by atoms with Crippen molar-refractivity contribution in [1.29, 1.82) is 0 Å². The van der Waals surface area contributed by atoms with Crippen LogP contribution in [0.25, 0.3) is 10.9 Å². The van der Waals surface area contributed by atoms with Crippen LogP contribution in [0.4, 0.5) is 0 Å². The number of benzene rings is 1. The third-order valence-electron chi connectivity index (χ3n) is 3.56. The van der Waals surface area contributed by atoms with Gasteiger partial charge in [0.05, 0.1) is 11.4 Å². The van der Waals surface area contributed by atoms with Gasteiger partial charge in [-0.3, -0.25) is 9.78 Å². The van der Waals surface area contributed by atoms with Gasteiger partial charge in [-0.05, 0) is 38.0 Å². The molecule has 4 heteroatoms. The zero-order valence-corrected chi connectivity index (χ0v) is 13.8. The van der Waals surface area contributed by atoms with E-state index in [1.54, 1.807) is 0 Å². The van der Waals surface area contributed by atoms with Gasteiger partial charge >= 0.3 is 5.97 Å². The Morgan fingerprint density at radius 1 is 1.33 bits per heavy atom. The molecule has 2 rings (SSSR count). The number of aryl methyl sites for hydroxylation is 2. The molecule has 0 aliphatic heterocycles. The summed E-state index contributed by atoms with van der Waals surface area (Å²) in [5.41, 5.74) is 3.62. The molecule has 0 fully saturated rings. The first-order valence-corrected chi connectivity index (χ1v) is 7.54. The summed E-state index contributed by atoms with van der Waals surface area (Å²) in [4.78, 5) is 16.6. The summed E-state index contributed by atoms with van der Waals surface area (Å²) in [6.07, 6.45) is 0.787. The van der Waals surface area contributed by atoms with Crippen molar-refractivity contribution in [3.05, 3.63) is 34.0 Å². The van der Waals surface area contributed by atoms with E-state index in [0.29, 0.717) is 10.8 Å². The second kappa shape index (κ2) is 6.02. The predicted octanol–water partition coefficient (Wildman–Crippen LogP) is 4.63. The van der Waals surface area contributed by atoms with E-state index in [-0.39, 0.29) is 11.9 Å². The quantitative estimate of drug-likeness (QED) is 0.776. The number of pyridine rings is 1. The van der Waals surface area contributed by atoms with E-state index in [4.69, 9.17) is 16.3 Å². The second-order valence-electron chi connectivity index (χ2n) is 5.56. The molecule has 0 saturated heterocycles. The normalized spacial score (nSPS) is 11.2. The summed E-state index contributed by atoms with van der Waals surface area (Å²) < 4.78 is 5.62. The van der Waals surface area contributed by atoms with Crippen LogP contribution < -0.4 is 4.74 Å². The Morgan fingerprint density at radius 3 is 2.57 bits per heavy atom. The van der Waals surface area contributed by atoms with Crippen molar-refractivity contribution in [2.24, 2.45) is 5.92 Å². The van der Waals surface area contributed by atoms with E-state index < -0.39 is 0 Å². The SMILES string of the molecule is CCc1nc2cc(C)c(Cl)cc2c(OC(=O)C(C)C)c1C. The topological polar surface area (TPSA) is 39.2 Å². The Balaban J connectivity index is 2.72. The molecule has 112 valence electrons. The highest BCUT2D eigenvalue weighted by molar-refractivity contribution is 6.32.